The fourth-order valence-electron chi connectivity index (χ4n) is 2.60. The van der Waals surface area contributed by atoms with E-state index in [1.54, 1.807) is 24.3 Å². The predicted octanol–water partition coefficient (Wildman–Crippen LogP) is 5.13. The number of rotatable bonds is 4. The molecule has 3 aromatic carbocycles. The van der Waals surface area contributed by atoms with Gasteiger partial charge in [0.05, 0.1) is 10.5 Å². The van der Waals surface area contributed by atoms with Gasteiger partial charge in [-0.2, -0.15) is 13.2 Å². The fraction of sp³-hybridized carbons (Fsp3) is 0.111. The van der Waals surface area contributed by atoms with E-state index in [4.69, 9.17) is 11.6 Å². The number of hydrogen-bond acceptors (Lipinski definition) is 2. The van der Waals surface area contributed by atoms with E-state index in [0.717, 1.165) is 6.07 Å². The van der Waals surface area contributed by atoms with Crippen LogP contribution >= 0.6 is 11.6 Å². The molecule has 0 aliphatic carbocycles. The Bertz CT molecular complexity index is 1110. The van der Waals surface area contributed by atoms with Gasteiger partial charge in [-0.25, -0.2) is 17.5 Å². The SMILES string of the molecule is O=S(=O)(NCc1ccc(C(F)(F)F)cc1F)c1cccc2cccc(Cl)c12. The number of sulfonamides is 1. The van der Waals surface area contributed by atoms with E-state index >= 15 is 0 Å². The van der Waals surface area contributed by atoms with Crippen molar-refractivity contribution in [2.24, 2.45) is 0 Å². The molecular weight excluding hydrogens is 406 g/mol. The molecule has 27 heavy (non-hydrogen) atoms. The Kier molecular flexibility index (Phi) is 5.16. The minimum Gasteiger partial charge on any atom is -0.207 e. The lowest BCUT2D eigenvalue weighted by molar-refractivity contribution is -0.137. The molecule has 0 amide bonds. The summed E-state index contributed by atoms with van der Waals surface area (Å²) in [4.78, 5) is -0.0991. The second-order valence-corrected chi connectivity index (χ2v) is 7.87. The first-order chi connectivity index (χ1) is 12.6. The van der Waals surface area contributed by atoms with E-state index in [-0.39, 0.29) is 15.5 Å². The molecule has 3 aromatic rings. The first kappa shape index (κ1) is 19.6. The summed E-state index contributed by atoms with van der Waals surface area (Å²) in [7, 11) is -4.09. The summed E-state index contributed by atoms with van der Waals surface area (Å²) in [6, 6.07) is 11.4. The van der Waals surface area contributed by atoms with Gasteiger partial charge in [0.15, 0.2) is 0 Å². The lowest BCUT2D eigenvalue weighted by Crippen LogP contribution is -2.24. The van der Waals surface area contributed by atoms with E-state index in [1.165, 1.54) is 12.1 Å². The van der Waals surface area contributed by atoms with Gasteiger partial charge in [-0.15, -0.1) is 0 Å². The topological polar surface area (TPSA) is 46.2 Å². The summed E-state index contributed by atoms with van der Waals surface area (Å²) in [6.45, 7) is -0.507. The molecule has 0 fully saturated rings. The first-order valence-electron chi connectivity index (χ1n) is 7.62. The van der Waals surface area contributed by atoms with Crippen molar-refractivity contribution in [1.29, 1.82) is 0 Å². The van der Waals surface area contributed by atoms with Crippen LogP contribution in [0.5, 0.6) is 0 Å². The highest BCUT2D eigenvalue weighted by Gasteiger charge is 2.31. The molecule has 0 spiro atoms. The molecule has 0 saturated carbocycles. The second-order valence-electron chi connectivity index (χ2n) is 5.72. The quantitative estimate of drug-likeness (QED) is 0.598. The maximum absolute atomic E-state index is 13.9. The third-order valence-electron chi connectivity index (χ3n) is 3.94. The normalized spacial score (nSPS) is 12.5. The number of benzene rings is 3. The van der Waals surface area contributed by atoms with Crippen LogP contribution in [0.2, 0.25) is 5.02 Å². The highest BCUT2D eigenvalue weighted by atomic mass is 35.5. The molecule has 3 rings (SSSR count). The summed E-state index contributed by atoms with van der Waals surface area (Å²) in [5, 5.41) is 1.14. The van der Waals surface area contributed by atoms with Crippen LogP contribution in [0.4, 0.5) is 17.6 Å². The van der Waals surface area contributed by atoms with Crippen molar-refractivity contribution in [1.82, 2.24) is 4.72 Å². The van der Waals surface area contributed by atoms with Crippen molar-refractivity contribution >= 4 is 32.4 Å². The fourth-order valence-corrected chi connectivity index (χ4v) is 4.20. The molecule has 0 aliphatic heterocycles. The van der Waals surface area contributed by atoms with Crippen molar-refractivity contribution in [3.05, 3.63) is 76.6 Å². The minimum absolute atomic E-state index is 0.0991. The zero-order chi connectivity index (χ0) is 19.8. The summed E-state index contributed by atoms with van der Waals surface area (Å²) in [5.41, 5.74) is -1.36. The van der Waals surface area contributed by atoms with Crippen molar-refractivity contribution in [3.8, 4) is 0 Å². The van der Waals surface area contributed by atoms with Gasteiger partial charge in [0, 0.05) is 22.5 Å². The van der Waals surface area contributed by atoms with E-state index < -0.39 is 34.1 Å². The highest BCUT2D eigenvalue weighted by Crippen LogP contribution is 2.31. The Morgan fingerprint density at radius 2 is 1.67 bits per heavy atom. The Morgan fingerprint density at radius 3 is 2.30 bits per heavy atom. The van der Waals surface area contributed by atoms with Crippen LogP contribution in [-0.4, -0.2) is 8.42 Å². The molecule has 0 bridgehead atoms. The smallest absolute Gasteiger partial charge is 0.207 e. The molecule has 0 aromatic heterocycles. The monoisotopic (exact) mass is 417 g/mol. The molecule has 0 saturated heterocycles. The highest BCUT2D eigenvalue weighted by molar-refractivity contribution is 7.89. The Hall–Kier alpha value is -2.16. The summed E-state index contributed by atoms with van der Waals surface area (Å²) in [5.74, 6) is -1.15. The first-order valence-corrected chi connectivity index (χ1v) is 9.48. The van der Waals surface area contributed by atoms with Crippen LogP contribution in [0, 0.1) is 5.82 Å². The van der Waals surface area contributed by atoms with E-state index in [1.807, 2.05) is 0 Å². The van der Waals surface area contributed by atoms with Crippen molar-refractivity contribution < 1.29 is 26.0 Å². The summed E-state index contributed by atoms with van der Waals surface area (Å²) < 4.78 is 79.2. The second kappa shape index (κ2) is 7.10. The van der Waals surface area contributed by atoms with Crippen LogP contribution in [0.1, 0.15) is 11.1 Å². The van der Waals surface area contributed by atoms with Crippen LogP contribution in [0.3, 0.4) is 0 Å². The molecule has 0 unspecified atom stereocenters. The largest absolute Gasteiger partial charge is 0.416 e. The maximum Gasteiger partial charge on any atom is 0.416 e. The van der Waals surface area contributed by atoms with Gasteiger partial charge in [-0.05, 0) is 29.7 Å². The minimum atomic E-state index is -4.68. The molecule has 0 atom stereocenters. The van der Waals surface area contributed by atoms with Crippen molar-refractivity contribution in [2.45, 2.75) is 17.6 Å². The molecule has 0 radical (unpaired) electrons. The Balaban J connectivity index is 1.91. The third kappa shape index (κ3) is 4.07. The van der Waals surface area contributed by atoms with Gasteiger partial charge in [0.1, 0.15) is 5.82 Å². The van der Waals surface area contributed by atoms with Crippen LogP contribution in [0.25, 0.3) is 10.8 Å². The van der Waals surface area contributed by atoms with Crippen LogP contribution in [0.15, 0.2) is 59.5 Å². The third-order valence-corrected chi connectivity index (χ3v) is 5.70. The lowest BCUT2D eigenvalue weighted by Gasteiger charge is -2.12. The van der Waals surface area contributed by atoms with Gasteiger partial charge in [-0.1, -0.05) is 41.9 Å². The van der Waals surface area contributed by atoms with Gasteiger partial charge in [0.2, 0.25) is 10.0 Å². The lowest BCUT2D eigenvalue weighted by atomic mass is 10.1. The molecule has 1 N–H and O–H groups in total. The predicted molar refractivity (Wildman–Crippen MR) is 94.4 cm³/mol. The molecule has 3 nitrogen and oxygen atoms in total. The number of hydrogen-bond donors (Lipinski definition) is 1. The zero-order valence-electron chi connectivity index (χ0n) is 13.5. The van der Waals surface area contributed by atoms with Gasteiger partial charge < -0.3 is 0 Å². The number of halogens is 5. The standard InChI is InChI=1S/C18H12ClF4NO2S/c19-14-5-1-3-11-4-2-6-16(17(11)14)27(25,26)24-10-12-7-8-13(9-15(12)20)18(21,22)23/h1-9,24H,10H2. The van der Waals surface area contributed by atoms with Gasteiger partial charge >= 0.3 is 6.18 Å². The molecular formula is C18H12ClF4NO2S. The Labute approximate surface area is 157 Å². The molecule has 142 valence electrons. The van der Waals surface area contributed by atoms with E-state index in [2.05, 4.69) is 4.72 Å². The van der Waals surface area contributed by atoms with Crippen LogP contribution in [-0.2, 0) is 22.7 Å². The average molecular weight is 418 g/mol. The van der Waals surface area contributed by atoms with Crippen molar-refractivity contribution in [3.63, 3.8) is 0 Å². The molecule has 0 aliphatic rings. The van der Waals surface area contributed by atoms with E-state index in [0.29, 0.717) is 22.9 Å². The average Bonchev–Trinajstić information content (AvgIpc) is 2.59. The molecule has 0 heterocycles. The zero-order valence-corrected chi connectivity index (χ0v) is 15.1. The Morgan fingerprint density at radius 1 is 1.00 bits per heavy atom. The van der Waals surface area contributed by atoms with Gasteiger partial charge in [0.25, 0.3) is 0 Å². The van der Waals surface area contributed by atoms with Crippen molar-refractivity contribution in [2.75, 3.05) is 0 Å². The maximum atomic E-state index is 13.9. The summed E-state index contributed by atoms with van der Waals surface area (Å²) in [6.07, 6.45) is -4.68. The van der Waals surface area contributed by atoms with Crippen LogP contribution < -0.4 is 4.72 Å². The number of nitrogens with one attached hydrogen (secondary N) is 1. The number of alkyl halides is 3. The van der Waals surface area contributed by atoms with E-state index in [9.17, 15) is 26.0 Å². The molecule has 9 heteroatoms. The van der Waals surface area contributed by atoms with Gasteiger partial charge in [-0.3, -0.25) is 0 Å². The summed E-state index contributed by atoms with van der Waals surface area (Å²) >= 11 is 6.11. The number of fused-ring (bicyclic) bond motifs is 1.